The molecule has 4 N–H and O–H groups in total. The van der Waals surface area contributed by atoms with E-state index in [1.807, 2.05) is 0 Å². The van der Waals surface area contributed by atoms with Gasteiger partial charge in [0.15, 0.2) is 6.10 Å². The summed E-state index contributed by atoms with van der Waals surface area (Å²) in [7, 11) is 0. The number of alkyl halides is 3. The van der Waals surface area contributed by atoms with Gasteiger partial charge in [-0.15, -0.1) is 0 Å². The average molecular weight is 254 g/mol. The minimum absolute atomic E-state index is 0.342. The molecule has 0 aromatic rings. The van der Waals surface area contributed by atoms with E-state index in [9.17, 15) is 18.0 Å². The van der Waals surface area contributed by atoms with Gasteiger partial charge in [-0.05, 0) is 19.8 Å². The van der Waals surface area contributed by atoms with Gasteiger partial charge in [0.05, 0.1) is 12.0 Å². The first-order valence-corrected chi connectivity index (χ1v) is 5.46. The Morgan fingerprint density at radius 3 is 2.65 bits per heavy atom. The van der Waals surface area contributed by atoms with Gasteiger partial charge < -0.3 is 16.2 Å². The lowest BCUT2D eigenvalue weighted by Gasteiger charge is -2.28. The van der Waals surface area contributed by atoms with Crippen LogP contribution in [0.3, 0.4) is 0 Å². The maximum Gasteiger partial charge on any atom is 0.416 e. The van der Waals surface area contributed by atoms with Crippen LogP contribution in [-0.2, 0) is 4.79 Å². The van der Waals surface area contributed by atoms with Crippen LogP contribution in [-0.4, -0.2) is 35.9 Å². The van der Waals surface area contributed by atoms with E-state index < -0.39 is 30.1 Å². The molecule has 17 heavy (non-hydrogen) atoms. The van der Waals surface area contributed by atoms with Gasteiger partial charge in [0.25, 0.3) is 0 Å². The molecule has 0 bridgehead atoms. The van der Waals surface area contributed by atoms with Crippen LogP contribution in [0.15, 0.2) is 0 Å². The summed E-state index contributed by atoms with van der Waals surface area (Å²) in [5.74, 6) is -0.522. The lowest BCUT2D eigenvalue weighted by molar-refractivity contribution is -0.202. The van der Waals surface area contributed by atoms with E-state index >= 15 is 0 Å². The van der Waals surface area contributed by atoms with E-state index in [0.29, 0.717) is 12.8 Å². The standard InChI is InChI=1S/C10H17F3N2O2/c1-9(4-2-3-6(9)14)8(17)15-5-7(16)10(11,12)13/h6-7,16H,2-5,14H2,1H3,(H,15,17). The van der Waals surface area contributed by atoms with Crippen molar-refractivity contribution in [1.82, 2.24) is 5.32 Å². The van der Waals surface area contributed by atoms with E-state index in [1.54, 1.807) is 6.92 Å². The molecule has 0 spiro atoms. The number of nitrogens with one attached hydrogen (secondary N) is 1. The van der Waals surface area contributed by atoms with Crippen LogP contribution in [0.25, 0.3) is 0 Å². The first-order chi connectivity index (χ1) is 7.68. The van der Waals surface area contributed by atoms with Crippen LogP contribution >= 0.6 is 0 Å². The van der Waals surface area contributed by atoms with E-state index in [-0.39, 0.29) is 6.04 Å². The summed E-state index contributed by atoms with van der Waals surface area (Å²) < 4.78 is 36.1. The molecule has 0 aromatic heterocycles. The van der Waals surface area contributed by atoms with E-state index in [2.05, 4.69) is 5.32 Å². The van der Waals surface area contributed by atoms with Gasteiger partial charge in [0.1, 0.15) is 0 Å². The lowest BCUT2D eigenvalue weighted by Crippen LogP contribution is -2.50. The number of hydrogen-bond donors (Lipinski definition) is 3. The summed E-state index contributed by atoms with van der Waals surface area (Å²) in [6, 6.07) is -0.342. The Hall–Kier alpha value is -0.820. The smallest absolute Gasteiger partial charge is 0.382 e. The van der Waals surface area contributed by atoms with Gasteiger partial charge in [-0.25, -0.2) is 0 Å². The summed E-state index contributed by atoms with van der Waals surface area (Å²) in [5, 5.41) is 10.9. The van der Waals surface area contributed by atoms with Gasteiger partial charge in [0.2, 0.25) is 5.91 Å². The van der Waals surface area contributed by atoms with Gasteiger partial charge in [-0.2, -0.15) is 13.2 Å². The minimum Gasteiger partial charge on any atom is -0.382 e. The second-order valence-corrected chi connectivity index (χ2v) is 4.68. The topological polar surface area (TPSA) is 75.3 Å². The van der Waals surface area contributed by atoms with E-state index in [0.717, 1.165) is 6.42 Å². The summed E-state index contributed by atoms with van der Waals surface area (Å²) in [4.78, 5) is 11.7. The number of hydrogen-bond acceptors (Lipinski definition) is 3. The molecule has 0 radical (unpaired) electrons. The number of rotatable bonds is 3. The molecule has 100 valence electrons. The van der Waals surface area contributed by atoms with Crippen molar-refractivity contribution in [3.63, 3.8) is 0 Å². The number of nitrogens with two attached hydrogens (primary N) is 1. The molecule has 0 aromatic carbocycles. The van der Waals surface area contributed by atoms with Crippen molar-refractivity contribution in [3.8, 4) is 0 Å². The highest BCUT2D eigenvalue weighted by Crippen LogP contribution is 2.36. The fourth-order valence-corrected chi connectivity index (χ4v) is 1.98. The summed E-state index contributed by atoms with van der Waals surface area (Å²) in [5.41, 5.74) is 4.93. The number of halogens is 3. The quantitative estimate of drug-likeness (QED) is 0.688. The second kappa shape index (κ2) is 4.81. The van der Waals surface area contributed by atoms with Crippen LogP contribution in [0, 0.1) is 5.41 Å². The van der Waals surface area contributed by atoms with E-state index in [1.165, 1.54) is 0 Å². The predicted octanol–water partition coefficient (Wildman–Crippen LogP) is 0.543. The highest BCUT2D eigenvalue weighted by molar-refractivity contribution is 5.83. The largest absolute Gasteiger partial charge is 0.416 e. The van der Waals surface area contributed by atoms with Crippen LogP contribution in [0.2, 0.25) is 0 Å². The van der Waals surface area contributed by atoms with Crippen molar-refractivity contribution in [3.05, 3.63) is 0 Å². The highest BCUT2D eigenvalue weighted by Gasteiger charge is 2.44. The molecule has 3 unspecified atom stereocenters. The molecule has 0 saturated heterocycles. The number of aliphatic hydroxyl groups excluding tert-OH is 1. The monoisotopic (exact) mass is 254 g/mol. The Labute approximate surface area is 97.4 Å². The molecule has 1 aliphatic carbocycles. The Bertz CT molecular complexity index is 296. The molecule has 0 heterocycles. The maximum atomic E-state index is 12.0. The Kier molecular flexibility index (Phi) is 4.03. The Morgan fingerprint density at radius 1 is 1.65 bits per heavy atom. The maximum absolute atomic E-state index is 12.0. The van der Waals surface area contributed by atoms with Gasteiger partial charge in [0, 0.05) is 6.04 Å². The molecule has 7 heteroatoms. The van der Waals surface area contributed by atoms with Crippen molar-refractivity contribution < 1.29 is 23.1 Å². The molecule has 1 saturated carbocycles. The molecular formula is C10H17F3N2O2. The zero-order chi connectivity index (χ0) is 13.3. The first-order valence-electron chi connectivity index (χ1n) is 5.46. The zero-order valence-electron chi connectivity index (χ0n) is 9.55. The normalized spacial score (nSPS) is 31.3. The summed E-state index contributed by atoms with van der Waals surface area (Å²) >= 11 is 0. The molecule has 3 atom stereocenters. The first kappa shape index (κ1) is 14.2. The summed E-state index contributed by atoms with van der Waals surface area (Å²) in [6.07, 6.45) is -5.22. The Balaban J connectivity index is 2.50. The van der Waals surface area contributed by atoms with Gasteiger partial charge in [-0.3, -0.25) is 4.79 Å². The van der Waals surface area contributed by atoms with Crippen LogP contribution in [0.1, 0.15) is 26.2 Å². The fraction of sp³-hybridized carbons (Fsp3) is 0.900. The van der Waals surface area contributed by atoms with Crippen molar-refractivity contribution >= 4 is 5.91 Å². The number of carbonyl (C=O) groups is 1. The molecule has 1 aliphatic rings. The van der Waals surface area contributed by atoms with Gasteiger partial charge in [-0.1, -0.05) is 6.42 Å². The van der Waals surface area contributed by atoms with Crippen molar-refractivity contribution in [2.24, 2.45) is 11.1 Å². The molecule has 4 nitrogen and oxygen atoms in total. The third-order valence-corrected chi connectivity index (χ3v) is 3.38. The van der Waals surface area contributed by atoms with Crippen molar-refractivity contribution in [2.45, 2.75) is 44.5 Å². The SMILES string of the molecule is CC1(C(=O)NCC(O)C(F)(F)F)CCCC1N. The van der Waals surface area contributed by atoms with Crippen LogP contribution in [0.4, 0.5) is 13.2 Å². The second-order valence-electron chi connectivity index (χ2n) is 4.68. The fourth-order valence-electron chi connectivity index (χ4n) is 1.98. The molecule has 1 amide bonds. The molecule has 1 fully saturated rings. The van der Waals surface area contributed by atoms with Crippen LogP contribution in [0.5, 0.6) is 0 Å². The van der Waals surface area contributed by atoms with Crippen molar-refractivity contribution in [1.29, 1.82) is 0 Å². The van der Waals surface area contributed by atoms with E-state index in [4.69, 9.17) is 10.8 Å². The third-order valence-electron chi connectivity index (χ3n) is 3.38. The number of amides is 1. The summed E-state index contributed by atoms with van der Waals surface area (Å²) in [6.45, 7) is 0.810. The lowest BCUT2D eigenvalue weighted by atomic mass is 9.84. The number of aliphatic hydroxyl groups is 1. The zero-order valence-corrected chi connectivity index (χ0v) is 9.55. The molecular weight excluding hydrogens is 237 g/mol. The van der Waals surface area contributed by atoms with Crippen molar-refractivity contribution in [2.75, 3.05) is 6.54 Å². The number of carbonyl (C=O) groups excluding carboxylic acids is 1. The van der Waals surface area contributed by atoms with Crippen LogP contribution < -0.4 is 11.1 Å². The average Bonchev–Trinajstić information content (AvgIpc) is 2.55. The minimum atomic E-state index is -4.72. The Morgan fingerprint density at radius 2 is 2.24 bits per heavy atom. The third kappa shape index (κ3) is 3.10. The molecule has 1 rings (SSSR count). The highest BCUT2D eigenvalue weighted by atomic mass is 19.4. The predicted molar refractivity (Wildman–Crippen MR) is 55.0 cm³/mol. The molecule has 0 aliphatic heterocycles. The van der Waals surface area contributed by atoms with Gasteiger partial charge >= 0.3 is 6.18 Å².